The molecule has 0 aromatic heterocycles. The fourth-order valence-corrected chi connectivity index (χ4v) is 7.24. The van der Waals surface area contributed by atoms with E-state index in [1.165, 1.54) is 11.1 Å². The highest BCUT2D eigenvalue weighted by Gasteiger charge is 2.61. The van der Waals surface area contributed by atoms with Gasteiger partial charge < -0.3 is 10.2 Å². The smallest absolute Gasteiger partial charge is 0.144 e. The van der Waals surface area contributed by atoms with Crippen LogP contribution in [0.3, 0.4) is 0 Å². The van der Waals surface area contributed by atoms with Gasteiger partial charge in [-0.2, -0.15) is 0 Å². The molecule has 1 aromatic carbocycles. The van der Waals surface area contributed by atoms with E-state index in [1.54, 1.807) is 0 Å². The van der Waals surface area contributed by atoms with E-state index in [-0.39, 0.29) is 5.41 Å². The first-order chi connectivity index (χ1) is 11.3. The second kappa shape index (κ2) is 5.50. The number of hydrogen-bond acceptors (Lipinski definition) is 2. The molecule has 2 fully saturated rings. The van der Waals surface area contributed by atoms with E-state index in [2.05, 4.69) is 50.8 Å². The molecule has 3 aliphatic rings. The van der Waals surface area contributed by atoms with Crippen molar-refractivity contribution in [1.82, 2.24) is 0 Å². The molecule has 128 valence electrons. The summed E-state index contributed by atoms with van der Waals surface area (Å²) >= 11 is 7.07. The van der Waals surface area contributed by atoms with Gasteiger partial charge in [0, 0.05) is 5.41 Å². The molecule has 0 amide bonds. The highest BCUT2D eigenvalue weighted by Crippen LogP contribution is 2.64. The number of phenolic OH excluding ortho intramolecular Hbond substituents is 1. The van der Waals surface area contributed by atoms with Crippen LogP contribution in [0.5, 0.6) is 5.75 Å². The molecule has 1 aromatic rings. The molecule has 0 heterocycles. The predicted octanol–water partition coefficient (Wildman–Crippen LogP) is 5.14. The van der Waals surface area contributed by atoms with Crippen LogP contribution in [-0.2, 0) is 6.42 Å². The summed E-state index contributed by atoms with van der Waals surface area (Å²) in [7, 11) is 0. The van der Waals surface area contributed by atoms with Gasteiger partial charge in [-0.15, -0.1) is 6.42 Å². The molecule has 4 rings (SSSR count). The van der Waals surface area contributed by atoms with E-state index < -0.39 is 5.60 Å². The van der Waals surface area contributed by atoms with Crippen LogP contribution < -0.4 is 0 Å². The third-order valence-electron chi connectivity index (χ3n) is 7.28. The largest absolute Gasteiger partial charge is 0.506 e. The Kier molecular flexibility index (Phi) is 3.88. The summed E-state index contributed by atoms with van der Waals surface area (Å²) in [5.41, 5.74) is 1.51. The molecule has 0 spiro atoms. The first kappa shape index (κ1) is 16.9. The highest BCUT2D eigenvalue weighted by atomic mass is 79.9. The van der Waals surface area contributed by atoms with Gasteiger partial charge in [-0.3, -0.25) is 0 Å². The topological polar surface area (TPSA) is 40.5 Å². The standard InChI is InChI=1S/C20H22Br2O2/c1-3-20(24)9-7-15-12-4-5-13-14(10-16(21)18(23)17(13)22)11(12)6-8-19(15,20)2/h1,10-12,15,23-24H,4-9H2,2H3/t11-,12+,15-,19-,20-/m0/s1. The third kappa shape index (κ3) is 2.04. The Hall–Kier alpha value is -0.500. The Morgan fingerprint density at radius 1 is 1.25 bits per heavy atom. The second-order valence-electron chi connectivity index (χ2n) is 8.00. The zero-order chi connectivity index (χ0) is 17.3. The van der Waals surface area contributed by atoms with E-state index in [0.717, 1.165) is 47.5 Å². The molecule has 0 bridgehead atoms. The molecule has 0 saturated heterocycles. The number of phenols is 1. The summed E-state index contributed by atoms with van der Waals surface area (Å²) in [4.78, 5) is 0. The molecule has 0 radical (unpaired) electrons. The zero-order valence-electron chi connectivity index (χ0n) is 13.8. The van der Waals surface area contributed by atoms with Crippen molar-refractivity contribution in [1.29, 1.82) is 0 Å². The maximum Gasteiger partial charge on any atom is 0.144 e. The molecule has 4 heteroatoms. The van der Waals surface area contributed by atoms with Crippen molar-refractivity contribution in [3.8, 4) is 18.1 Å². The van der Waals surface area contributed by atoms with Crippen LogP contribution >= 0.6 is 31.9 Å². The summed E-state index contributed by atoms with van der Waals surface area (Å²) in [6.07, 6.45) is 11.6. The number of aromatic hydroxyl groups is 1. The highest BCUT2D eigenvalue weighted by molar-refractivity contribution is 9.11. The fourth-order valence-electron chi connectivity index (χ4n) is 5.89. The summed E-state index contributed by atoms with van der Waals surface area (Å²) in [5, 5.41) is 21.2. The van der Waals surface area contributed by atoms with E-state index >= 15 is 0 Å². The first-order valence-electron chi connectivity index (χ1n) is 8.72. The molecule has 3 aliphatic carbocycles. The van der Waals surface area contributed by atoms with Gasteiger partial charge in [-0.1, -0.05) is 12.8 Å². The van der Waals surface area contributed by atoms with Gasteiger partial charge >= 0.3 is 0 Å². The van der Waals surface area contributed by atoms with Crippen LogP contribution in [0.2, 0.25) is 0 Å². The minimum atomic E-state index is -0.945. The predicted molar refractivity (Wildman–Crippen MR) is 102 cm³/mol. The van der Waals surface area contributed by atoms with E-state index in [4.69, 9.17) is 6.42 Å². The van der Waals surface area contributed by atoms with Crippen LogP contribution in [0.15, 0.2) is 15.0 Å². The van der Waals surface area contributed by atoms with Crippen molar-refractivity contribution in [2.45, 2.75) is 57.0 Å². The molecule has 2 nitrogen and oxygen atoms in total. The van der Waals surface area contributed by atoms with Crippen molar-refractivity contribution in [2.75, 3.05) is 0 Å². The second-order valence-corrected chi connectivity index (χ2v) is 9.65. The van der Waals surface area contributed by atoms with Crippen molar-refractivity contribution in [3.05, 3.63) is 26.1 Å². The maximum atomic E-state index is 11.0. The van der Waals surface area contributed by atoms with Crippen LogP contribution in [0.1, 0.15) is 56.1 Å². The van der Waals surface area contributed by atoms with E-state index in [9.17, 15) is 10.2 Å². The Labute approximate surface area is 160 Å². The maximum absolute atomic E-state index is 11.0. The van der Waals surface area contributed by atoms with Gasteiger partial charge in [0.2, 0.25) is 0 Å². The average Bonchev–Trinajstić information content (AvgIpc) is 2.85. The SMILES string of the molecule is C#C[C@]1(O)CC[C@H]2[C@@H]3CCc4c(cc(Br)c(O)c4Br)[C@H]3CC[C@@]21C. The monoisotopic (exact) mass is 452 g/mol. The molecule has 2 N–H and O–H groups in total. The zero-order valence-corrected chi connectivity index (χ0v) is 17.0. The van der Waals surface area contributed by atoms with E-state index in [1.807, 2.05) is 0 Å². The van der Waals surface area contributed by atoms with Crippen molar-refractivity contribution >= 4 is 31.9 Å². The normalized spacial score (nSPS) is 40.4. The summed E-state index contributed by atoms with van der Waals surface area (Å²) in [6.45, 7) is 2.21. The minimum Gasteiger partial charge on any atom is -0.506 e. The van der Waals surface area contributed by atoms with E-state index in [0.29, 0.717) is 23.5 Å². The third-order valence-corrected chi connectivity index (χ3v) is 8.74. The Morgan fingerprint density at radius 3 is 2.71 bits per heavy atom. The lowest BCUT2D eigenvalue weighted by atomic mass is 9.53. The number of terminal acetylenes is 1. The van der Waals surface area contributed by atoms with Gasteiger partial charge in [0.15, 0.2) is 0 Å². The van der Waals surface area contributed by atoms with Gasteiger partial charge in [0.05, 0.1) is 8.95 Å². The number of rotatable bonds is 0. The van der Waals surface area contributed by atoms with Crippen LogP contribution in [0.4, 0.5) is 0 Å². The van der Waals surface area contributed by atoms with Crippen LogP contribution in [0.25, 0.3) is 0 Å². The number of benzene rings is 1. The van der Waals surface area contributed by atoms with Crippen molar-refractivity contribution < 1.29 is 10.2 Å². The molecule has 2 saturated carbocycles. The Bertz CT molecular complexity index is 753. The number of fused-ring (bicyclic) bond motifs is 5. The number of halogens is 2. The minimum absolute atomic E-state index is 0.161. The summed E-state index contributed by atoms with van der Waals surface area (Å²) < 4.78 is 1.60. The lowest BCUT2D eigenvalue weighted by Gasteiger charge is -2.52. The average molecular weight is 454 g/mol. The van der Waals surface area contributed by atoms with Gasteiger partial charge in [-0.25, -0.2) is 0 Å². The quantitative estimate of drug-likeness (QED) is 0.534. The van der Waals surface area contributed by atoms with Gasteiger partial charge in [0.25, 0.3) is 0 Å². The van der Waals surface area contributed by atoms with Crippen molar-refractivity contribution in [3.63, 3.8) is 0 Å². The molecule has 0 unspecified atom stereocenters. The number of hydrogen-bond donors (Lipinski definition) is 2. The molecule has 5 atom stereocenters. The molecule has 24 heavy (non-hydrogen) atoms. The van der Waals surface area contributed by atoms with Crippen LogP contribution in [0, 0.1) is 29.6 Å². The Morgan fingerprint density at radius 2 is 2.00 bits per heavy atom. The molecular weight excluding hydrogens is 432 g/mol. The molecule has 0 aliphatic heterocycles. The Balaban J connectivity index is 1.76. The number of aliphatic hydroxyl groups is 1. The first-order valence-corrected chi connectivity index (χ1v) is 10.3. The van der Waals surface area contributed by atoms with Crippen molar-refractivity contribution in [2.24, 2.45) is 17.3 Å². The summed E-state index contributed by atoms with van der Waals surface area (Å²) in [5.74, 6) is 4.58. The lowest BCUT2D eigenvalue weighted by molar-refractivity contribution is -0.0647. The summed E-state index contributed by atoms with van der Waals surface area (Å²) in [6, 6.07) is 2.11. The van der Waals surface area contributed by atoms with Crippen LogP contribution in [-0.4, -0.2) is 15.8 Å². The van der Waals surface area contributed by atoms with Gasteiger partial charge in [-0.05, 0) is 105 Å². The lowest BCUT2D eigenvalue weighted by Crippen LogP contribution is -2.50. The fraction of sp³-hybridized carbons (Fsp3) is 0.600. The molecular formula is C20H22Br2O2. The van der Waals surface area contributed by atoms with Gasteiger partial charge in [0.1, 0.15) is 11.4 Å².